The van der Waals surface area contributed by atoms with Gasteiger partial charge in [0.1, 0.15) is 5.69 Å². The Labute approximate surface area is 97.7 Å². The molecule has 0 aliphatic rings. The molecule has 0 atom stereocenters. The van der Waals surface area contributed by atoms with E-state index in [1.165, 1.54) is 13.3 Å². The van der Waals surface area contributed by atoms with Crippen LogP contribution in [0.5, 0.6) is 5.75 Å². The van der Waals surface area contributed by atoms with Gasteiger partial charge in [0.25, 0.3) is 0 Å². The summed E-state index contributed by atoms with van der Waals surface area (Å²) in [6.45, 7) is 0. The fourth-order valence-electron chi connectivity index (χ4n) is 1.43. The van der Waals surface area contributed by atoms with Crippen LogP contribution in [0.15, 0.2) is 36.5 Å². The van der Waals surface area contributed by atoms with Crippen LogP contribution in [0.1, 0.15) is 10.6 Å². The summed E-state index contributed by atoms with van der Waals surface area (Å²) in [5.74, 6) is -0.962. The number of hydrogen-bond donors (Lipinski definition) is 1. The van der Waals surface area contributed by atoms with Crippen LogP contribution in [0, 0.1) is 0 Å². The average molecular weight is 230 g/mol. The lowest BCUT2D eigenvalue weighted by molar-refractivity contribution is 0.0683. The largest absolute Gasteiger partial charge is 0.493 e. The van der Waals surface area contributed by atoms with Gasteiger partial charge in [0, 0.05) is 5.56 Å². The lowest BCUT2D eigenvalue weighted by Crippen LogP contribution is -2.05. The second-order valence-corrected chi connectivity index (χ2v) is 3.28. The van der Waals surface area contributed by atoms with Crippen LogP contribution in [-0.2, 0) is 0 Å². The van der Waals surface area contributed by atoms with E-state index < -0.39 is 5.97 Å². The van der Waals surface area contributed by atoms with Crippen LogP contribution in [0.2, 0.25) is 0 Å². The Balaban J connectivity index is 2.58. The van der Waals surface area contributed by atoms with Crippen molar-refractivity contribution in [2.24, 2.45) is 0 Å². The van der Waals surface area contributed by atoms with Crippen molar-refractivity contribution in [3.8, 4) is 17.0 Å². The Morgan fingerprint density at radius 1 is 1.29 bits per heavy atom. The molecular formula is C12H10N2O3. The minimum Gasteiger partial charge on any atom is -0.493 e. The number of methoxy groups -OCH3 is 1. The van der Waals surface area contributed by atoms with Crippen LogP contribution in [-0.4, -0.2) is 28.2 Å². The second kappa shape index (κ2) is 4.61. The van der Waals surface area contributed by atoms with E-state index in [4.69, 9.17) is 9.84 Å². The number of carbonyl (C=O) groups is 1. The van der Waals surface area contributed by atoms with Crippen LogP contribution < -0.4 is 4.74 Å². The molecule has 1 aromatic heterocycles. The van der Waals surface area contributed by atoms with E-state index in [1.807, 2.05) is 30.3 Å². The summed E-state index contributed by atoms with van der Waals surface area (Å²) in [4.78, 5) is 18.5. The van der Waals surface area contributed by atoms with E-state index >= 15 is 0 Å². The minimum absolute atomic E-state index is 0.246. The van der Waals surface area contributed by atoms with E-state index in [9.17, 15) is 4.79 Å². The Bertz CT molecular complexity index is 541. The summed E-state index contributed by atoms with van der Waals surface area (Å²) < 4.78 is 5.12. The molecular weight excluding hydrogens is 220 g/mol. The van der Waals surface area contributed by atoms with Crippen molar-refractivity contribution in [3.63, 3.8) is 0 Å². The number of carboxylic acid groups (broad SMARTS) is 1. The maximum Gasteiger partial charge on any atom is 0.373 e. The zero-order valence-electron chi connectivity index (χ0n) is 9.12. The summed E-state index contributed by atoms with van der Waals surface area (Å²) in [7, 11) is 1.49. The van der Waals surface area contributed by atoms with Crippen molar-refractivity contribution in [1.29, 1.82) is 0 Å². The van der Waals surface area contributed by atoms with E-state index in [0.29, 0.717) is 11.4 Å². The molecule has 0 spiro atoms. The molecule has 86 valence electrons. The van der Waals surface area contributed by atoms with Gasteiger partial charge in [-0.2, -0.15) is 0 Å². The summed E-state index contributed by atoms with van der Waals surface area (Å²) in [6, 6.07) is 9.22. The van der Waals surface area contributed by atoms with E-state index in [0.717, 1.165) is 5.56 Å². The highest BCUT2D eigenvalue weighted by molar-refractivity contribution is 5.84. The van der Waals surface area contributed by atoms with Gasteiger partial charge >= 0.3 is 5.97 Å². The zero-order valence-corrected chi connectivity index (χ0v) is 9.12. The van der Waals surface area contributed by atoms with Gasteiger partial charge in [-0.3, -0.25) is 0 Å². The molecule has 0 fully saturated rings. The highest BCUT2D eigenvalue weighted by atomic mass is 16.5. The molecule has 1 N–H and O–H groups in total. The van der Waals surface area contributed by atoms with Gasteiger partial charge in [0.05, 0.1) is 13.3 Å². The fraction of sp³-hybridized carbons (Fsp3) is 0.0833. The highest BCUT2D eigenvalue weighted by Crippen LogP contribution is 2.26. The number of aromatic carboxylic acids is 1. The SMILES string of the molecule is COc1cnc(C(=O)O)nc1-c1ccccc1. The molecule has 1 heterocycles. The molecule has 1 aromatic carbocycles. The van der Waals surface area contributed by atoms with Gasteiger partial charge in [-0.1, -0.05) is 30.3 Å². The molecule has 5 heteroatoms. The summed E-state index contributed by atoms with van der Waals surface area (Å²) in [6.07, 6.45) is 1.36. The Kier molecular flexibility index (Phi) is 3.00. The van der Waals surface area contributed by atoms with E-state index in [-0.39, 0.29) is 5.82 Å². The molecule has 0 bridgehead atoms. The molecule has 0 saturated carbocycles. The van der Waals surface area contributed by atoms with Gasteiger partial charge in [-0.05, 0) is 0 Å². The Morgan fingerprint density at radius 3 is 2.59 bits per heavy atom. The fourth-order valence-corrected chi connectivity index (χ4v) is 1.43. The standard InChI is InChI=1S/C12H10N2O3/c1-17-9-7-13-11(12(15)16)14-10(9)8-5-3-2-4-6-8/h2-7H,1H3,(H,15,16). The molecule has 5 nitrogen and oxygen atoms in total. The van der Waals surface area contributed by atoms with Crippen molar-refractivity contribution in [2.75, 3.05) is 7.11 Å². The maximum absolute atomic E-state index is 10.8. The third-order valence-corrected chi connectivity index (χ3v) is 2.21. The van der Waals surface area contributed by atoms with Gasteiger partial charge in [0.15, 0.2) is 5.75 Å². The van der Waals surface area contributed by atoms with E-state index in [1.54, 1.807) is 0 Å². The van der Waals surface area contributed by atoms with Crippen LogP contribution in [0.4, 0.5) is 0 Å². The van der Waals surface area contributed by atoms with Crippen molar-refractivity contribution in [2.45, 2.75) is 0 Å². The molecule has 0 aliphatic carbocycles. The molecule has 0 amide bonds. The predicted molar refractivity (Wildman–Crippen MR) is 61.0 cm³/mol. The van der Waals surface area contributed by atoms with Gasteiger partial charge in [-0.25, -0.2) is 14.8 Å². The van der Waals surface area contributed by atoms with Crippen molar-refractivity contribution in [3.05, 3.63) is 42.4 Å². The molecule has 0 radical (unpaired) electrons. The van der Waals surface area contributed by atoms with Crippen molar-refractivity contribution >= 4 is 5.97 Å². The number of benzene rings is 1. The first kappa shape index (κ1) is 11.1. The number of hydrogen-bond acceptors (Lipinski definition) is 4. The third kappa shape index (κ3) is 2.23. The minimum atomic E-state index is -1.16. The monoisotopic (exact) mass is 230 g/mol. The first-order chi connectivity index (χ1) is 8.22. The smallest absolute Gasteiger partial charge is 0.373 e. The van der Waals surface area contributed by atoms with Gasteiger partial charge < -0.3 is 9.84 Å². The topological polar surface area (TPSA) is 72.3 Å². The normalized spacial score (nSPS) is 9.94. The number of carboxylic acids is 1. The first-order valence-corrected chi connectivity index (χ1v) is 4.92. The molecule has 17 heavy (non-hydrogen) atoms. The lowest BCUT2D eigenvalue weighted by atomic mass is 10.1. The average Bonchev–Trinajstić information content (AvgIpc) is 2.39. The number of ether oxygens (including phenoxy) is 1. The third-order valence-electron chi connectivity index (χ3n) is 2.21. The van der Waals surface area contributed by atoms with Crippen LogP contribution in [0.3, 0.4) is 0 Å². The number of aromatic nitrogens is 2. The van der Waals surface area contributed by atoms with Crippen molar-refractivity contribution in [1.82, 2.24) is 9.97 Å². The highest BCUT2D eigenvalue weighted by Gasteiger charge is 2.13. The Morgan fingerprint density at radius 2 is 2.00 bits per heavy atom. The lowest BCUT2D eigenvalue weighted by Gasteiger charge is -2.07. The first-order valence-electron chi connectivity index (χ1n) is 4.92. The second-order valence-electron chi connectivity index (χ2n) is 3.28. The van der Waals surface area contributed by atoms with Crippen molar-refractivity contribution < 1.29 is 14.6 Å². The summed E-state index contributed by atoms with van der Waals surface area (Å²) >= 11 is 0. The quantitative estimate of drug-likeness (QED) is 0.871. The molecule has 0 unspecified atom stereocenters. The van der Waals surface area contributed by atoms with Crippen LogP contribution >= 0.6 is 0 Å². The summed E-state index contributed by atoms with van der Waals surface area (Å²) in [5.41, 5.74) is 1.26. The molecule has 2 aromatic rings. The van der Waals surface area contributed by atoms with Gasteiger partial charge in [0.2, 0.25) is 5.82 Å². The predicted octanol–water partition coefficient (Wildman–Crippen LogP) is 1.85. The zero-order chi connectivity index (χ0) is 12.3. The van der Waals surface area contributed by atoms with Crippen LogP contribution in [0.25, 0.3) is 11.3 Å². The Hall–Kier alpha value is -2.43. The molecule has 0 saturated heterocycles. The molecule has 0 aliphatic heterocycles. The molecule has 2 rings (SSSR count). The maximum atomic E-state index is 10.8. The number of nitrogens with zero attached hydrogens (tertiary/aromatic N) is 2. The summed E-state index contributed by atoms with van der Waals surface area (Å²) in [5, 5.41) is 8.85. The van der Waals surface area contributed by atoms with E-state index in [2.05, 4.69) is 9.97 Å². The van der Waals surface area contributed by atoms with Gasteiger partial charge in [-0.15, -0.1) is 0 Å². The number of rotatable bonds is 3.